The van der Waals surface area contributed by atoms with Crippen LogP contribution in [0.2, 0.25) is 25.7 Å². The number of rotatable bonds is 7. The number of pyridine rings is 1. The highest BCUT2D eigenvalue weighted by Gasteiger charge is 2.29. The van der Waals surface area contributed by atoms with Gasteiger partial charge in [0.2, 0.25) is 0 Å². The van der Waals surface area contributed by atoms with Crippen LogP contribution in [0.3, 0.4) is 0 Å². The Morgan fingerprint density at radius 1 is 1.24 bits per heavy atom. The first kappa shape index (κ1) is 23.7. The first-order chi connectivity index (χ1) is 15.5. The number of ether oxygens (including phenoxy) is 1. The zero-order valence-electron chi connectivity index (χ0n) is 19.6. The van der Waals surface area contributed by atoms with Gasteiger partial charge in [0.25, 0.3) is 5.91 Å². The lowest BCUT2D eigenvalue weighted by Gasteiger charge is -2.22. The maximum Gasteiger partial charge on any atom is 0.255 e. The lowest BCUT2D eigenvalue weighted by Crippen LogP contribution is -2.22. The maximum absolute atomic E-state index is 13.0. The molecule has 1 aliphatic heterocycles. The number of amides is 1. The van der Waals surface area contributed by atoms with E-state index in [1.807, 2.05) is 23.8 Å². The van der Waals surface area contributed by atoms with E-state index in [2.05, 4.69) is 29.9 Å². The van der Waals surface area contributed by atoms with Gasteiger partial charge in [-0.3, -0.25) is 4.79 Å². The molecule has 0 fully saturated rings. The SMILES string of the molecule is CC1CCS(=O)(=O)c2cc(C(=O)Nc3ccnc4c3ccn4COCC[Si](C)(C)C)ccc21. The number of sulfone groups is 1. The van der Waals surface area contributed by atoms with Crippen molar-refractivity contribution < 1.29 is 17.9 Å². The summed E-state index contributed by atoms with van der Waals surface area (Å²) in [5.74, 6) is -0.0730. The van der Waals surface area contributed by atoms with Crippen molar-refractivity contribution in [2.24, 2.45) is 0 Å². The average molecular weight is 486 g/mol. The van der Waals surface area contributed by atoms with Crippen LogP contribution in [0.25, 0.3) is 11.0 Å². The second kappa shape index (κ2) is 9.04. The molecule has 0 saturated heterocycles. The van der Waals surface area contributed by atoms with Gasteiger partial charge in [-0.15, -0.1) is 0 Å². The zero-order valence-corrected chi connectivity index (χ0v) is 21.4. The number of nitrogens with one attached hydrogen (secondary N) is 1. The largest absolute Gasteiger partial charge is 0.361 e. The Kier molecular flexibility index (Phi) is 6.48. The molecule has 4 rings (SSSR count). The highest BCUT2D eigenvalue weighted by atomic mass is 32.2. The standard InChI is InChI=1S/C24H31N3O4SSi/c1-17-9-13-32(29,30)22-15-18(5-6-19(17)22)24(28)26-21-7-10-25-23-20(21)8-11-27(23)16-31-12-14-33(2,3)4/h5-8,10-11,15,17H,9,12-14,16H2,1-4H3,(H,25,26,28). The maximum atomic E-state index is 13.0. The predicted molar refractivity (Wildman–Crippen MR) is 133 cm³/mol. The van der Waals surface area contributed by atoms with Crippen molar-refractivity contribution in [2.75, 3.05) is 17.7 Å². The van der Waals surface area contributed by atoms with Gasteiger partial charge >= 0.3 is 0 Å². The smallest absolute Gasteiger partial charge is 0.255 e. The van der Waals surface area contributed by atoms with Gasteiger partial charge in [-0.05, 0) is 48.2 Å². The molecule has 1 amide bonds. The molecule has 1 aliphatic rings. The molecule has 3 heterocycles. The minimum atomic E-state index is -3.36. The van der Waals surface area contributed by atoms with Crippen molar-refractivity contribution in [1.82, 2.24) is 9.55 Å². The molecule has 9 heteroatoms. The lowest BCUT2D eigenvalue weighted by molar-refractivity contribution is 0.0899. The summed E-state index contributed by atoms with van der Waals surface area (Å²) >= 11 is 0. The van der Waals surface area contributed by atoms with Crippen LogP contribution in [-0.2, 0) is 21.3 Å². The van der Waals surface area contributed by atoms with Crippen LogP contribution in [0.4, 0.5) is 5.69 Å². The Balaban J connectivity index is 1.53. The molecule has 3 aromatic rings. The van der Waals surface area contributed by atoms with Crippen molar-refractivity contribution in [2.45, 2.75) is 56.6 Å². The highest BCUT2D eigenvalue weighted by molar-refractivity contribution is 7.91. The summed E-state index contributed by atoms with van der Waals surface area (Å²) in [5, 5.41) is 3.73. The molecule has 0 spiro atoms. The normalized spacial score (nSPS) is 17.6. The van der Waals surface area contributed by atoms with Gasteiger partial charge < -0.3 is 14.6 Å². The predicted octanol–water partition coefficient (Wildman–Crippen LogP) is 4.88. The first-order valence-electron chi connectivity index (χ1n) is 11.2. The number of carbonyl (C=O) groups is 1. The number of benzene rings is 1. The number of aromatic nitrogens is 2. The fourth-order valence-corrected chi connectivity index (χ4v) is 6.56. The van der Waals surface area contributed by atoms with Crippen molar-refractivity contribution in [3.05, 3.63) is 53.9 Å². The molecular formula is C24H31N3O4SSi. The number of carbonyl (C=O) groups excluding carboxylic acids is 1. The summed E-state index contributed by atoms with van der Waals surface area (Å²) in [6.07, 6.45) is 4.15. The summed E-state index contributed by atoms with van der Waals surface area (Å²) in [6, 6.07) is 9.71. The number of hydrogen-bond acceptors (Lipinski definition) is 5. The Bertz CT molecular complexity index is 1290. The third-order valence-electron chi connectivity index (χ3n) is 6.10. The summed E-state index contributed by atoms with van der Waals surface area (Å²) in [6.45, 7) is 10.1. The van der Waals surface area contributed by atoms with E-state index in [4.69, 9.17) is 4.74 Å². The lowest BCUT2D eigenvalue weighted by atomic mass is 9.96. The number of hydrogen-bond donors (Lipinski definition) is 1. The van der Waals surface area contributed by atoms with Gasteiger partial charge in [-0.1, -0.05) is 32.6 Å². The van der Waals surface area contributed by atoms with Gasteiger partial charge in [0.15, 0.2) is 9.84 Å². The van der Waals surface area contributed by atoms with E-state index in [0.717, 1.165) is 22.6 Å². The minimum Gasteiger partial charge on any atom is -0.361 e. The van der Waals surface area contributed by atoms with E-state index >= 15 is 0 Å². The molecule has 0 radical (unpaired) electrons. The molecule has 1 aromatic carbocycles. The number of anilines is 1. The fraction of sp³-hybridized carbons (Fsp3) is 0.417. The summed E-state index contributed by atoms with van der Waals surface area (Å²) in [4.78, 5) is 17.7. The first-order valence-corrected chi connectivity index (χ1v) is 16.6. The highest BCUT2D eigenvalue weighted by Crippen LogP contribution is 2.34. The van der Waals surface area contributed by atoms with Crippen molar-refractivity contribution in [3.63, 3.8) is 0 Å². The molecule has 0 saturated carbocycles. The molecular weight excluding hydrogens is 454 g/mol. The summed E-state index contributed by atoms with van der Waals surface area (Å²) < 4.78 is 32.8. The van der Waals surface area contributed by atoms with Crippen LogP contribution >= 0.6 is 0 Å². The second-order valence-corrected chi connectivity index (χ2v) is 17.6. The van der Waals surface area contributed by atoms with Gasteiger partial charge in [0, 0.05) is 38.0 Å². The van der Waals surface area contributed by atoms with Crippen LogP contribution in [0.1, 0.15) is 35.2 Å². The molecule has 1 atom stereocenters. The Morgan fingerprint density at radius 2 is 2.03 bits per heavy atom. The van der Waals surface area contributed by atoms with E-state index in [-0.39, 0.29) is 22.5 Å². The Morgan fingerprint density at radius 3 is 2.79 bits per heavy atom. The number of fused-ring (bicyclic) bond motifs is 2. The van der Waals surface area contributed by atoms with E-state index in [9.17, 15) is 13.2 Å². The molecule has 7 nitrogen and oxygen atoms in total. The van der Waals surface area contributed by atoms with E-state index in [0.29, 0.717) is 31.0 Å². The molecule has 0 aliphatic carbocycles. The van der Waals surface area contributed by atoms with Gasteiger partial charge in [-0.2, -0.15) is 0 Å². The summed E-state index contributed by atoms with van der Waals surface area (Å²) in [5.41, 5.74) is 2.46. The average Bonchev–Trinajstić information content (AvgIpc) is 3.17. The van der Waals surface area contributed by atoms with Crippen molar-refractivity contribution in [3.8, 4) is 0 Å². The monoisotopic (exact) mass is 485 g/mol. The van der Waals surface area contributed by atoms with E-state index in [1.165, 1.54) is 6.07 Å². The van der Waals surface area contributed by atoms with Crippen molar-refractivity contribution >= 4 is 40.5 Å². The van der Waals surface area contributed by atoms with Crippen LogP contribution in [0.15, 0.2) is 47.6 Å². The quantitative estimate of drug-likeness (QED) is 0.380. The number of nitrogens with zero attached hydrogens (tertiary/aromatic N) is 2. The van der Waals surface area contributed by atoms with Crippen LogP contribution < -0.4 is 5.32 Å². The summed E-state index contributed by atoms with van der Waals surface area (Å²) in [7, 11) is -4.51. The van der Waals surface area contributed by atoms with Crippen LogP contribution in [-0.4, -0.2) is 44.3 Å². The molecule has 1 N–H and O–H groups in total. The van der Waals surface area contributed by atoms with Crippen LogP contribution in [0, 0.1) is 0 Å². The minimum absolute atomic E-state index is 0.116. The second-order valence-electron chi connectivity index (χ2n) is 9.94. The molecule has 33 heavy (non-hydrogen) atoms. The van der Waals surface area contributed by atoms with Gasteiger partial charge in [0.05, 0.1) is 16.3 Å². The van der Waals surface area contributed by atoms with E-state index in [1.54, 1.807) is 24.4 Å². The zero-order chi connectivity index (χ0) is 23.8. The Hall–Kier alpha value is -2.49. The third kappa shape index (κ3) is 5.20. The molecule has 0 bridgehead atoms. The van der Waals surface area contributed by atoms with Gasteiger partial charge in [0.1, 0.15) is 12.4 Å². The molecule has 1 unspecified atom stereocenters. The van der Waals surface area contributed by atoms with E-state index < -0.39 is 17.9 Å². The fourth-order valence-electron chi connectivity index (χ4n) is 3.99. The topological polar surface area (TPSA) is 90.3 Å². The van der Waals surface area contributed by atoms with Gasteiger partial charge in [-0.25, -0.2) is 13.4 Å². The third-order valence-corrected chi connectivity index (χ3v) is 9.60. The van der Waals surface area contributed by atoms with Crippen molar-refractivity contribution in [1.29, 1.82) is 0 Å². The molecule has 2 aromatic heterocycles. The van der Waals surface area contributed by atoms with Crippen LogP contribution in [0.5, 0.6) is 0 Å². The Labute approximate surface area is 196 Å². The molecule has 176 valence electrons.